The number of hydrogen-bond donors (Lipinski definition) is 1. The molecule has 0 unspecified atom stereocenters. The Morgan fingerprint density at radius 2 is 1.70 bits per heavy atom. The minimum atomic E-state index is -4.84. The number of aromatic nitrogens is 3. The van der Waals surface area contributed by atoms with E-state index in [0.29, 0.717) is 49.9 Å². The third kappa shape index (κ3) is 5.58. The van der Waals surface area contributed by atoms with E-state index < -0.39 is 34.5 Å². The van der Waals surface area contributed by atoms with Crippen molar-refractivity contribution in [2.45, 2.75) is 6.18 Å². The maximum Gasteiger partial charge on any atom is 0.418 e. The van der Waals surface area contributed by atoms with Crippen molar-refractivity contribution < 1.29 is 27.4 Å². The Balaban J connectivity index is 1.85. The van der Waals surface area contributed by atoms with Gasteiger partial charge in [-0.3, -0.25) is 14.2 Å². The lowest BCUT2D eigenvalue weighted by Gasteiger charge is -2.13. The van der Waals surface area contributed by atoms with Crippen LogP contribution in [0.25, 0.3) is 34.3 Å². The Bertz CT molecular complexity index is 2110. The van der Waals surface area contributed by atoms with Crippen LogP contribution in [0.1, 0.15) is 11.1 Å². The molecule has 0 fully saturated rings. The molecule has 0 atom stereocenters. The quantitative estimate of drug-likeness (QED) is 0.297. The molecule has 3 aromatic carbocycles. The molecule has 0 aliphatic rings. The number of carbonyl (C=O) groups excluding carboxylic acids is 1. The maximum atomic E-state index is 14.0. The lowest BCUT2D eigenvalue weighted by molar-refractivity contribution is -0.137. The molecule has 5 rings (SSSR count). The summed E-state index contributed by atoms with van der Waals surface area (Å²) in [5, 5.41) is 14.4. The zero-order valence-corrected chi connectivity index (χ0v) is 23.9. The maximum absolute atomic E-state index is 14.0. The summed E-state index contributed by atoms with van der Waals surface area (Å²) in [6, 6.07) is 20.3. The van der Waals surface area contributed by atoms with E-state index in [9.17, 15) is 28.0 Å². The Hall–Kier alpha value is -5.61. The molecule has 0 aliphatic heterocycles. The number of benzene rings is 3. The molecular weight excluding hydrogens is 595 g/mol. The van der Waals surface area contributed by atoms with Gasteiger partial charge in [0, 0.05) is 17.3 Å². The van der Waals surface area contributed by atoms with Gasteiger partial charge in [-0.2, -0.15) is 23.5 Å². The fourth-order valence-corrected chi connectivity index (χ4v) is 5.63. The molecule has 44 heavy (non-hydrogen) atoms. The summed E-state index contributed by atoms with van der Waals surface area (Å²) < 4.78 is 54.7. The van der Waals surface area contributed by atoms with Gasteiger partial charge in [0.25, 0.3) is 11.5 Å². The molecule has 1 amide bonds. The Morgan fingerprint density at radius 1 is 1.02 bits per heavy atom. The molecule has 2 heterocycles. The van der Waals surface area contributed by atoms with Crippen molar-refractivity contribution in [3.63, 3.8) is 0 Å². The van der Waals surface area contributed by atoms with Crippen LogP contribution in [0.3, 0.4) is 0 Å². The molecule has 2 aromatic heterocycles. The first kappa shape index (κ1) is 29.9. The van der Waals surface area contributed by atoms with E-state index in [2.05, 4.69) is 0 Å². The first-order valence-corrected chi connectivity index (χ1v) is 13.6. The average molecular weight is 618 g/mol. The number of alkyl halides is 3. The van der Waals surface area contributed by atoms with Crippen molar-refractivity contribution in [1.82, 2.24) is 14.3 Å². The Morgan fingerprint density at radius 3 is 2.34 bits per heavy atom. The number of ether oxygens (including phenoxy) is 2. The van der Waals surface area contributed by atoms with Crippen molar-refractivity contribution in [1.29, 1.82) is 5.26 Å². The van der Waals surface area contributed by atoms with Gasteiger partial charge in [-0.05, 0) is 48.5 Å². The molecule has 5 aromatic rings. The molecule has 0 saturated carbocycles. The molecule has 0 aliphatic carbocycles. The van der Waals surface area contributed by atoms with Crippen molar-refractivity contribution in [3.8, 4) is 40.2 Å². The van der Waals surface area contributed by atoms with Crippen LogP contribution in [0.2, 0.25) is 0 Å². The summed E-state index contributed by atoms with van der Waals surface area (Å²) in [5.41, 5.74) is 4.29. The van der Waals surface area contributed by atoms with Crippen LogP contribution in [0.5, 0.6) is 11.5 Å². The molecule has 9 nitrogen and oxygen atoms in total. The number of nitrogens with zero attached hydrogens (tertiary/aromatic N) is 4. The molecule has 222 valence electrons. The second-order valence-corrected chi connectivity index (χ2v) is 10.2. The van der Waals surface area contributed by atoms with Gasteiger partial charge in [-0.15, -0.1) is 11.3 Å². The lowest BCUT2D eigenvalue weighted by atomic mass is 10.1. The molecular formula is C31H22F3N5O4S. The van der Waals surface area contributed by atoms with Crippen LogP contribution in [0.4, 0.5) is 13.2 Å². The van der Waals surface area contributed by atoms with Gasteiger partial charge in [0.1, 0.15) is 16.4 Å². The van der Waals surface area contributed by atoms with E-state index in [-0.39, 0.29) is 9.20 Å². The minimum Gasteiger partial charge on any atom is -0.493 e. The largest absolute Gasteiger partial charge is 0.493 e. The van der Waals surface area contributed by atoms with Crippen molar-refractivity contribution in [3.05, 3.63) is 110 Å². The number of methoxy groups -OCH3 is 2. The van der Waals surface area contributed by atoms with Crippen LogP contribution in [-0.4, -0.2) is 34.5 Å². The summed E-state index contributed by atoms with van der Waals surface area (Å²) in [5.74, 6) is -0.296. The third-order valence-corrected chi connectivity index (χ3v) is 7.65. The first-order valence-electron chi connectivity index (χ1n) is 12.8. The highest BCUT2D eigenvalue weighted by molar-refractivity contribution is 7.07. The number of halogens is 3. The van der Waals surface area contributed by atoms with Gasteiger partial charge >= 0.3 is 6.18 Å². The number of primary amides is 1. The number of nitriles is 1. The van der Waals surface area contributed by atoms with E-state index in [1.54, 1.807) is 35.1 Å². The van der Waals surface area contributed by atoms with Gasteiger partial charge in [-0.1, -0.05) is 30.3 Å². The zero-order valence-electron chi connectivity index (χ0n) is 23.1. The number of carbonyl (C=O) groups is 1. The minimum absolute atomic E-state index is 0.0692. The first-order chi connectivity index (χ1) is 21.1. The second-order valence-electron chi connectivity index (χ2n) is 9.21. The predicted molar refractivity (Wildman–Crippen MR) is 158 cm³/mol. The van der Waals surface area contributed by atoms with Crippen LogP contribution in [0.15, 0.2) is 83.8 Å². The lowest BCUT2D eigenvalue weighted by Crippen LogP contribution is -2.33. The van der Waals surface area contributed by atoms with Gasteiger partial charge in [0.2, 0.25) is 0 Å². The SMILES string of the molecule is COc1ccc(-c2nn(-c3ccccc3)cc2C=c2sc(=C(C#N)C(N)=O)n(-c3ccccc3C(F)(F)F)c2=O)cc1OC. The van der Waals surface area contributed by atoms with E-state index >= 15 is 0 Å². The Kier molecular flexibility index (Phi) is 8.11. The number of rotatable bonds is 7. The monoisotopic (exact) mass is 617 g/mol. The summed E-state index contributed by atoms with van der Waals surface area (Å²) in [6.07, 6.45) is -1.75. The van der Waals surface area contributed by atoms with Crippen molar-refractivity contribution in [2.24, 2.45) is 5.73 Å². The molecule has 0 bridgehead atoms. The molecule has 0 spiro atoms. The smallest absolute Gasteiger partial charge is 0.418 e. The average Bonchev–Trinajstić information content (AvgIpc) is 3.58. The third-order valence-electron chi connectivity index (χ3n) is 6.55. The van der Waals surface area contributed by atoms with Crippen LogP contribution in [-0.2, 0) is 11.0 Å². The van der Waals surface area contributed by atoms with Crippen molar-refractivity contribution in [2.75, 3.05) is 14.2 Å². The van der Waals surface area contributed by atoms with Gasteiger partial charge in [-0.25, -0.2) is 4.68 Å². The van der Waals surface area contributed by atoms with Crippen LogP contribution in [0, 0.1) is 11.3 Å². The highest BCUT2D eigenvalue weighted by atomic mass is 32.1. The summed E-state index contributed by atoms with van der Waals surface area (Å²) in [6.45, 7) is 0. The number of para-hydroxylation sites is 2. The summed E-state index contributed by atoms with van der Waals surface area (Å²) >= 11 is 0.664. The van der Waals surface area contributed by atoms with Crippen LogP contribution < -0.4 is 30.0 Å². The fourth-order valence-electron chi connectivity index (χ4n) is 4.54. The number of nitrogens with two attached hydrogens (primary N) is 1. The van der Waals surface area contributed by atoms with Gasteiger partial charge in [0.15, 0.2) is 17.1 Å². The highest BCUT2D eigenvalue weighted by Crippen LogP contribution is 2.34. The number of thiazole rings is 1. The topological polar surface area (TPSA) is 125 Å². The predicted octanol–water partition coefficient (Wildman–Crippen LogP) is 3.78. The van der Waals surface area contributed by atoms with E-state index in [1.807, 2.05) is 30.3 Å². The molecule has 2 N–H and O–H groups in total. The normalized spacial score (nSPS) is 12.5. The number of amides is 1. The Labute approximate surface area is 251 Å². The molecule has 0 radical (unpaired) electrons. The second kappa shape index (κ2) is 11.9. The van der Waals surface area contributed by atoms with Crippen LogP contribution >= 0.6 is 11.3 Å². The van der Waals surface area contributed by atoms with Gasteiger partial charge in [0.05, 0.1) is 35.7 Å². The highest BCUT2D eigenvalue weighted by Gasteiger charge is 2.34. The molecule has 13 heteroatoms. The molecule has 0 saturated heterocycles. The van der Waals surface area contributed by atoms with E-state index in [4.69, 9.17) is 20.3 Å². The van der Waals surface area contributed by atoms with E-state index in [1.165, 1.54) is 32.4 Å². The zero-order chi connectivity index (χ0) is 31.6. The number of hydrogen-bond acceptors (Lipinski definition) is 7. The van der Waals surface area contributed by atoms with E-state index in [0.717, 1.165) is 12.1 Å². The van der Waals surface area contributed by atoms with Crippen molar-refractivity contribution >= 4 is 28.9 Å². The van der Waals surface area contributed by atoms with Gasteiger partial charge < -0.3 is 15.2 Å². The standard InChI is InChI=1S/C31H22F3N5O4S/c1-42-24-13-12-18(14-25(24)43-2)27-19(17-38(37-27)20-8-4-3-5-9-20)15-26-29(41)39(30(44-26)21(16-35)28(36)40)23-11-7-6-10-22(23)31(32,33)34/h3-15,17H,1-2H3,(H2,36,40). The summed E-state index contributed by atoms with van der Waals surface area (Å²) in [4.78, 5) is 26.0. The fraction of sp³-hybridized carbons (Fsp3) is 0.0968. The summed E-state index contributed by atoms with van der Waals surface area (Å²) in [7, 11) is 2.98.